The van der Waals surface area contributed by atoms with Crippen LogP contribution in [0.15, 0.2) is 46.9 Å². The summed E-state index contributed by atoms with van der Waals surface area (Å²) in [6.07, 6.45) is 4.22. The minimum atomic E-state index is -0.780. The van der Waals surface area contributed by atoms with E-state index >= 15 is 0 Å². The fraction of sp³-hybridized carbons (Fsp3) is 0.261. The molecule has 1 aliphatic rings. The zero-order valence-corrected chi connectivity index (χ0v) is 19.6. The summed E-state index contributed by atoms with van der Waals surface area (Å²) in [5.74, 6) is -0.891. The number of hydrogen-bond donors (Lipinski definition) is 4. The maximum absolute atomic E-state index is 11.7. The number of carbonyl (C=O) groups is 2. The van der Waals surface area contributed by atoms with Crippen molar-refractivity contribution in [1.29, 1.82) is 0 Å². The van der Waals surface area contributed by atoms with Gasteiger partial charge >= 0.3 is 0 Å². The van der Waals surface area contributed by atoms with E-state index in [9.17, 15) is 9.59 Å². The van der Waals surface area contributed by atoms with Gasteiger partial charge in [0.15, 0.2) is 5.69 Å². The molecule has 5 N–H and O–H groups in total. The third-order valence-corrected chi connectivity index (χ3v) is 5.51. The Hall–Kier alpha value is -3.07. The van der Waals surface area contributed by atoms with Crippen molar-refractivity contribution in [3.8, 4) is 11.5 Å². The van der Waals surface area contributed by atoms with Gasteiger partial charge in [-0.2, -0.15) is 0 Å². The molecule has 10 heteroatoms. The van der Waals surface area contributed by atoms with Gasteiger partial charge in [0.2, 0.25) is 11.8 Å². The summed E-state index contributed by atoms with van der Waals surface area (Å²) < 4.78 is 5.66. The Labute approximate surface area is 201 Å². The average molecular weight is 490 g/mol. The molecule has 33 heavy (non-hydrogen) atoms. The fourth-order valence-electron chi connectivity index (χ4n) is 3.16. The molecule has 1 fully saturated rings. The molecule has 0 bridgehead atoms. The molecule has 0 saturated carbocycles. The van der Waals surface area contributed by atoms with E-state index in [0.717, 1.165) is 0 Å². The highest BCUT2D eigenvalue weighted by molar-refractivity contribution is 6.38. The minimum Gasteiger partial charge on any atom is -0.419 e. The molecule has 0 radical (unpaired) electrons. The number of aromatic nitrogens is 1. The number of piperidine rings is 1. The van der Waals surface area contributed by atoms with E-state index in [-0.39, 0.29) is 23.4 Å². The van der Waals surface area contributed by atoms with Crippen LogP contribution in [-0.2, 0) is 0 Å². The van der Waals surface area contributed by atoms with Crippen LogP contribution in [0.25, 0.3) is 11.5 Å². The van der Waals surface area contributed by atoms with E-state index in [4.69, 9.17) is 33.4 Å². The largest absolute Gasteiger partial charge is 0.419 e. The molecule has 0 atom stereocenters. The van der Waals surface area contributed by atoms with Gasteiger partial charge in [-0.1, -0.05) is 35.7 Å². The van der Waals surface area contributed by atoms with Crippen molar-refractivity contribution in [1.82, 2.24) is 15.6 Å². The Balaban J connectivity index is 0.000000442. The standard InChI is InChI=1S/C18H14Cl2N4O3.C5H11N/c1-22-16(26)9-5-7-10(8-6-9)23-18-14(15(21)25)24-17(27-18)13-11(19)3-2-4-12(13)20;1-2-4-6-5-3-1/h2-8,23H,1H3,(H2,21,25)(H,22,26);6H,1-5H2. The molecule has 4 rings (SSSR count). The normalized spacial score (nSPS) is 12.9. The fourth-order valence-corrected chi connectivity index (χ4v) is 3.72. The number of anilines is 2. The topological polar surface area (TPSA) is 122 Å². The number of hydrogen-bond acceptors (Lipinski definition) is 6. The number of nitrogens with two attached hydrogens (primary N) is 1. The molecule has 3 aromatic rings. The van der Waals surface area contributed by atoms with Gasteiger partial charge in [0, 0.05) is 18.3 Å². The average Bonchev–Trinajstić information content (AvgIpc) is 3.24. The number of nitrogens with zero attached hydrogens (tertiary/aromatic N) is 1. The predicted molar refractivity (Wildman–Crippen MR) is 130 cm³/mol. The number of amides is 2. The minimum absolute atomic E-state index is 0.0428. The highest BCUT2D eigenvalue weighted by Crippen LogP contribution is 2.36. The van der Waals surface area contributed by atoms with Gasteiger partial charge in [0.1, 0.15) is 0 Å². The lowest BCUT2D eigenvalue weighted by Gasteiger charge is -2.08. The van der Waals surface area contributed by atoms with Crippen molar-refractivity contribution < 1.29 is 14.0 Å². The zero-order valence-electron chi connectivity index (χ0n) is 18.1. The maximum atomic E-state index is 11.7. The van der Waals surface area contributed by atoms with Crippen LogP contribution in [0.1, 0.15) is 40.1 Å². The monoisotopic (exact) mass is 489 g/mol. The zero-order chi connectivity index (χ0) is 23.8. The first kappa shape index (κ1) is 24.6. The van der Waals surface area contributed by atoms with Crippen molar-refractivity contribution in [2.45, 2.75) is 19.3 Å². The molecule has 1 aromatic heterocycles. The number of benzene rings is 2. The maximum Gasteiger partial charge on any atom is 0.273 e. The number of primary amides is 1. The van der Waals surface area contributed by atoms with E-state index in [1.807, 2.05) is 0 Å². The molecular formula is C23H25Cl2N5O3. The number of oxazole rings is 1. The first-order valence-electron chi connectivity index (χ1n) is 10.5. The van der Waals surface area contributed by atoms with Crippen molar-refractivity contribution in [2.24, 2.45) is 5.73 Å². The van der Waals surface area contributed by atoms with Crippen molar-refractivity contribution in [3.05, 3.63) is 63.8 Å². The smallest absolute Gasteiger partial charge is 0.273 e. The number of rotatable bonds is 5. The Morgan fingerprint density at radius 2 is 1.67 bits per heavy atom. The van der Waals surface area contributed by atoms with Crippen molar-refractivity contribution >= 4 is 46.6 Å². The number of nitrogens with one attached hydrogen (secondary N) is 3. The Bertz CT molecular complexity index is 1080. The molecule has 2 heterocycles. The predicted octanol–water partition coefficient (Wildman–Crippen LogP) is 4.61. The molecular weight excluding hydrogens is 465 g/mol. The van der Waals surface area contributed by atoms with E-state index in [2.05, 4.69) is 20.9 Å². The van der Waals surface area contributed by atoms with Crippen LogP contribution in [0, 0.1) is 0 Å². The van der Waals surface area contributed by atoms with Crippen LogP contribution in [-0.4, -0.2) is 36.9 Å². The molecule has 1 aliphatic heterocycles. The van der Waals surface area contributed by atoms with Gasteiger partial charge in [-0.05, 0) is 62.3 Å². The summed E-state index contributed by atoms with van der Waals surface area (Å²) in [7, 11) is 1.55. The third kappa shape index (κ3) is 6.47. The number of halogens is 2. The van der Waals surface area contributed by atoms with Crippen LogP contribution in [0.2, 0.25) is 10.0 Å². The molecule has 0 aliphatic carbocycles. The van der Waals surface area contributed by atoms with E-state index in [1.165, 1.54) is 32.4 Å². The molecule has 1 saturated heterocycles. The summed E-state index contributed by atoms with van der Waals surface area (Å²) in [6.45, 7) is 2.50. The van der Waals surface area contributed by atoms with Crippen LogP contribution >= 0.6 is 23.2 Å². The Morgan fingerprint density at radius 1 is 1.03 bits per heavy atom. The second-order valence-corrected chi connectivity index (χ2v) is 8.06. The van der Waals surface area contributed by atoms with E-state index < -0.39 is 5.91 Å². The molecule has 8 nitrogen and oxygen atoms in total. The lowest BCUT2D eigenvalue weighted by Crippen LogP contribution is -2.21. The second-order valence-electron chi connectivity index (χ2n) is 7.25. The lowest BCUT2D eigenvalue weighted by atomic mass is 10.2. The highest BCUT2D eigenvalue weighted by atomic mass is 35.5. The molecule has 2 aromatic carbocycles. The molecule has 0 unspecified atom stereocenters. The van der Waals surface area contributed by atoms with Gasteiger partial charge in [-0.3, -0.25) is 9.59 Å². The summed E-state index contributed by atoms with van der Waals surface area (Å²) in [5.41, 5.74) is 6.70. The Morgan fingerprint density at radius 3 is 2.15 bits per heavy atom. The van der Waals surface area contributed by atoms with E-state index in [1.54, 1.807) is 49.5 Å². The summed E-state index contributed by atoms with van der Waals surface area (Å²) in [4.78, 5) is 27.5. The Kier molecular flexibility index (Phi) is 8.71. The summed E-state index contributed by atoms with van der Waals surface area (Å²) in [5, 5.41) is 9.38. The number of carbonyl (C=O) groups excluding carboxylic acids is 2. The van der Waals surface area contributed by atoms with Crippen LogP contribution in [0.5, 0.6) is 0 Å². The van der Waals surface area contributed by atoms with Crippen LogP contribution in [0.4, 0.5) is 11.6 Å². The first-order valence-corrected chi connectivity index (χ1v) is 11.2. The third-order valence-electron chi connectivity index (χ3n) is 4.88. The van der Waals surface area contributed by atoms with Crippen molar-refractivity contribution in [2.75, 3.05) is 25.5 Å². The molecule has 0 spiro atoms. The summed E-state index contributed by atoms with van der Waals surface area (Å²) in [6, 6.07) is 11.5. The SMILES string of the molecule is C1CCNCC1.CNC(=O)c1ccc(Nc2oc(-c3c(Cl)cccc3Cl)nc2C(N)=O)cc1. The van der Waals surface area contributed by atoms with Crippen molar-refractivity contribution in [3.63, 3.8) is 0 Å². The van der Waals surface area contributed by atoms with Gasteiger partial charge in [0.25, 0.3) is 11.8 Å². The van der Waals surface area contributed by atoms with Crippen LogP contribution < -0.4 is 21.7 Å². The molecule has 2 amide bonds. The first-order chi connectivity index (χ1) is 15.9. The lowest BCUT2D eigenvalue weighted by molar-refractivity contribution is 0.0961. The highest BCUT2D eigenvalue weighted by Gasteiger charge is 2.22. The van der Waals surface area contributed by atoms with Gasteiger partial charge < -0.3 is 26.1 Å². The summed E-state index contributed by atoms with van der Waals surface area (Å²) >= 11 is 12.3. The van der Waals surface area contributed by atoms with Gasteiger partial charge in [0.05, 0.1) is 15.6 Å². The van der Waals surface area contributed by atoms with Gasteiger partial charge in [-0.25, -0.2) is 4.98 Å². The van der Waals surface area contributed by atoms with Gasteiger partial charge in [-0.15, -0.1) is 0 Å². The molecule has 174 valence electrons. The quantitative estimate of drug-likeness (QED) is 0.414. The van der Waals surface area contributed by atoms with E-state index in [0.29, 0.717) is 26.9 Å². The van der Waals surface area contributed by atoms with Crippen LogP contribution in [0.3, 0.4) is 0 Å². The second kappa shape index (κ2) is 11.7.